The van der Waals surface area contributed by atoms with Gasteiger partial charge in [-0.05, 0) is 73.5 Å². The topological polar surface area (TPSA) is 38.8 Å². The van der Waals surface area contributed by atoms with E-state index in [9.17, 15) is 4.79 Å². The predicted molar refractivity (Wildman–Crippen MR) is 112 cm³/mol. The lowest BCUT2D eigenvalue weighted by atomic mass is 9.51. The molecular formula is C21H28Cl3NO3. The minimum atomic E-state index is -1.59. The Kier molecular flexibility index (Phi) is 5.61. The molecule has 1 amide bonds. The average molecular weight is 449 g/mol. The number of hydrogen-bond acceptors (Lipinski definition) is 3. The Hall–Kier alpha value is -0.580. The molecule has 4 aliphatic rings. The zero-order valence-corrected chi connectivity index (χ0v) is 18.7. The quantitative estimate of drug-likeness (QED) is 0.485. The monoisotopic (exact) mass is 447 g/mol. The number of alkyl halides is 3. The normalized spacial score (nSPS) is 35.0. The van der Waals surface area contributed by atoms with Crippen LogP contribution < -0.4 is 0 Å². The number of ether oxygens (including phenoxy) is 2. The second-order valence-corrected chi connectivity index (χ2v) is 11.3. The van der Waals surface area contributed by atoms with Gasteiger partial charge < -0.3 is 9.47 Å². The van der Waals surface area contributed by atoms with Gasteiger partial charge in [0.25, 0.3) is 0 Å². The van der Waals surface area contributed by atoms with Gasteiger partial charge in [-0.25, -0.2) is 4.79 Å². The van der Waals surface area contributed by atoms with Crippen molar-refractivity contribution in [3.63, 3.8) is 0 Å². The molecule has 3 aliphatic carbocycles. The molecule has 7 heteroatoms. The Bertz CT molecular complexity index is 714. The molecule has 156 valence electrons. The van der Waals surface area contributed by atoms with Crippen LogP contribution in [0.25, 0.3) is 0 Å². The Morgan fingerprint density at radius 3 is 2.86 bits per heavy atom. The molecule has 4 rings (SSSR count). The third kappa shape index (κ3) is 3.54. The highest BCUT2D eigenvalue weighted by Gasteiger charge is 2.59. The van der Waals surface area contributed by atoms with E-state index in [1.54, 1.807) is 7.11 Å². The molecular weight excluding hydrogens is 421 g/mol. The van der Waals surface area contributed by atoms with Gasteiger partial charge in [0.1, 0.15) is 6.61 Å². The maximum atomic E-state index is 13.2. The second kappa shape index (κ2) is 7.59. The van der Waals surface area contributed by atoms with Gasteiger partial charge in [0.05, 0.1) is 18.4 Å². The summed E-state index contributed by atoms with van der Waals surface area (Å²) in [7, 11) is 1.74. The summed E-state index contributed by atoms with van der Waals surface area (Å²) < 4.78 is 9.42. The summed E-state index contributed by atoms with van der Waals surface area (Å²) in [6.45, 7) is 2.79. The third-order valence-electron chi connectivity index (χ3n) is 7.12. The van der Waals surface area contributed by atoms with Gasteiger partial charge >= 0.3 is 6.09 Å². The first-order valence-corrected chi connectivity index (χ1v) is 11.4. The van der Waals surface area contributed by atoms with Gasteiger partial charge in [-0.15, -0.1) is 0 Å². The van der Waals surface area contributed by atoms with Gasteiger partial charge in [-0.1, -0.05) is 41.7 Å². The van der Waals surface area contributed by atoms with Crippen molar-refractivity contribution < 1.29 is 14.3 Å². The predicted octanol–water partition coefficient (Wildman–Crippen LogP) is 6.01. The summed E-state index contributed by atoms with van der Waals surface area (Å²) in [4.78, 5) is 15.1. The highest BCUT2D eigenvalue weighted by molar-refractivity contribution is 6.67. The lowest BCUT2D eigenvalue weighted by Gasteiger charge is -2.62. The van der Waals surface area contributed by atoms with Gasteiger partial charge in [0.15, 0.2) is 0 Å². The fraction of sp³-hybridized carbons (Fsp3) is 0.762. The Morgan fingerprint density at radius 2 is 2.14 bits per heavy atom. The minimum Gasteiger partial charge on any atom is -0.501 e. The molecule has 0 aromatic rings. The van der Waals surface area contributed by atoms with Crippen molar-refractivity contribution in [2.24, 2.45) is 17.8 Å². The Labute approximate surface area is 182 Å². The van der Waals surface area contributed by atoms with E-state index in [1.165, 1.54) is 24.0 Å². The van der Waals surface area contributed by atoms with E-state index in [2.05, 4.69) is 13.0 Å². The number of carbonyl (C=O) groups excluding carboxylic acids is 1. The number of likely N-dealkylation sites (tertiary alicyclic amines) is 1. The highest BCUT2D eigenvalue weighted by atomic mass is 35.6. The van der Waals surface area contributed by atoms with Crippen LogP contribution in [0.1, 0.15) is 51.9 Å². The third-order valence-corrected chi connectivity index (χ3v) is 7.44. The van der Waals surface area contributed by atoms with Crippen LogP contribution >= 0.6 is 34.8 Å². The number of piperidine rings is 1. The number of methoxy groups -OCH3 is 1. The van der Waals surface area contributed by atoms with Gasteiger partial charge in [-0.3, -0.25) is 4.90 Å². The molecule has 28 heavy (non-hydrogen) atoms. The van der Waals surface area contributed by atoms with Crippen molar-refractivity contribution in [2.45, 2.75) is 61.2 Å². The summed E-state index contributed by atoms with van der Waals surface area (Å²) in [5.41, 5.74) is 2.54. The van der Waals surface area contributed by atoms with Crippen LogP contribution in [0.3, 0.4) is 0 Å². The fourth-order valence-corrected chi connectivity index (χ4v) is 6.55. The van der Waals surface area contributed by atoms with Crippen molar-refractivity contribution in [1.82, 2.24) is 4.90 Å². The Morgan fingerprint density at radius 1 is 1.36 bits per heavy atom. The van der Waals surface area contributed by atoms with Crippen LogP contribution in [0.5, 0.6) is 0 Å². The highest BCUT2D eigenvalue weighted by Crippen LogP contribution is 2.60. The van der Waals surface area contributed by atoms with E-state index >= 15 is 0 Å². The van der Waals surface area contributed by atoms with Crippen LogP contribution in [0, 0.1) is 17.8 Å². The van der Waals surface area contributed by atoms with Gasteiger partial charge in [0, 0.05) is 13.0 Å². The number of allylic oxidation sites excluding steroid dienone is 3. The standard InChI is InChI=1S/C21H28Cl3NO3/c1-13-8-14-9-15-10-16(27-2)5-6-18(15)20(11-13)17(14)4-3-7-25(20)19(26)28-12-21(22,23)24/h10,13-14,17H,3-9,11-12H2,1-2H3/t13-,14+,17-,20-/m1/s1. The van der Waals surface area contributed by atoms with Crippen LogP contribution in [0.15, 0.2) is 23.0 Å². The van der Waals surface area contributed by atoms with Crippen molar-refractivity contribution in [3.05, 3.63) is 23.0 Å². The number of hydrogen-bond donors (Lipinski definition) is 0. The summed E-state index contributed by atoms with van der Waals surface area (Å²) in [6, 6.07) is 0. The van der Waals surface area contributed by atoms with E-state index in [1.807, 2.05) is 4.90 Å². The lowest BCUT2D eigenvalue weighted by molar-refractivity contribution is -0.0568. The number of halogens is 3. The summed E-state index contributed by atoms with van der Waals surface area (Å²) >= 11 is 17.5. The number of amides is 1. The molecule has 4 nitrogen and oxygen atoms in total. The van der Waals surface area contributed by atoms with E-state index in [0.29, 0.717) is 24.3 Å². The molecule has 1 saturated heterocycles. The summed E-state index contributed by atoms with van der Waals surface area (Å²) in [5, 5.41) is 0. The number of nitrogens with zero attached hydrogens (tertiary/aromatic N) is 1. The summed E-state index contributed by atoms with van der Waals surface area (Å²) in [5.74, 6) is 2.71. The lowest BCUT2D eigenvalue weighted by Crippen LogP contribution is -2.66. The first-order chi connectivity index (χ1) is 13.2. The van der Waals surface area contributed by atoms with E-state index in [4.69, 9.17) is 44.3 Å². The molecule has 2 fully saturated rings. The molecule has 0 aromatic carbocycles. The molecule has 0 N–H and O–H groups in total. The first kappa shape index (κ1) is 20.7. The molecule has 1 heterocycles. The van der Waals surface area contributed by atoms with Crippen LogP contribution in [-0.4, -0.2) is 40.6 Å². The number of rotatable bonds is 2. The maximum Gasteiger partial charge on any atom is 0.410 e. The summed E-state index contributed by atoms with van der Waals surface area (Å²) in [6.07, 6.45) is 9.18. The molecule has 0 unspecified atom stereocenters. The molecule has 1 aliphatic heterocycles. The first-order valence-electron chi connectivity index (χ1n) is 10.2. The second-order valence-electron chi connectivity index (χ2n) is 8.82. The fourth-order valence-electron chi connectivity index (χ4n) is 6.38. The zero-order chi connectivity index (χ0) is 20.1. The van der Waals surface area contributed by atoms with E-state index < -0.39 is 3.79 Å². The molecule has 0 aromatic heterocycles. The van der Waals surface area contributed by atoms with Gasteiger partial charge in [0.2, 0.25) is 3.79 Å². The molecule has 0 radical (unpaired) electrons. The number of carbonyl (C=O) groups is 1. The molecule has 0 spiro atoms. The van der Waals surface area contributed by atoms with E-state index in [-0.39, 0.29) is 18.2 Å². The van der Waals surface area contributed by atoms with Crippen LogP contribution in [0.4, 0.5) is 4.79 Å². The largest absolute Gasteiger partial charge is 0.501 e. The smallest absolute Gasteiger partial charge is 0.410 e. The molecule has 2 bridgehead atoms. The van der Waals surface area contributed by atoms with Crippen molar-refractivity contribution in [2.75, 3.05) is 20.3 Å². The minimum absolute atomic E-state index is 0.230. The van der Waals surface area contributed by atoms with Crippen molar-refractivity contribution in [3.8, 4) is 0 Å². The van der Waals surface area contributed by atoms with Crippen LogP contribution in [-0.2, 0) is 9.47 Å². The Balaban J connectivity index is 1.74. The molecule has 1 saturated carbocycles. The van der Waals surface area contributed by atoms with Crippen molar-refractivity contribution >= 4 is 40.9 Å². The van der Waals surface area contributed by atoms with Crippen molar-refractivity contribution in [1.29, 1.82) is 0 Å². The zero-order valence-electron chi connectivity index (χ0n) is 16.5. The average Bonchev–Trinajstić information content (AvgIpc) is 2.64. The molecule has 4 atom stereocenters. The maximum absolute atomic E-state index is 13.2. The van der Waals surface area contributed by atoms with Crippen LogP contribution in [0.2, 0.25) is 0 Å². The van der Waals surface area contributed by atoms with Gasteiger partial charge in [-0.2, -0.15) is 0 Å². The van der Waals surface area contributed by atoms with E-state index in [0.717, 1.165) is 37.9 Å². The SMILES string of the molecule is COC1=CC2=C(CC1)[C@@]13C[C@H](C)C[C@@H](C2)[C@H]1CCCN3C(=O)OCC(Cl)(Cl)Cl.